The van der Waals surface area contributed by atoms with E-state index in [4.69, 9.17) is 17.4 Å². The second kappa shape index (κ2) is 5.23. The minimum atomic E-state index is 0.510. The van der Waals surface area contributed by atoms with E-state index in [-0.39, 0.29) is 0 Å². The Morgan fingerprint density at radius 3 is 2.82 bits per heavy atom. The molecule has 0 aliphatic heterocycles. The molecule has 0 aliphatic rings. The number of hydrogen-bond acceptors (Lipinski definition) is 2. The predicted octanol–water partition coefficient (Wildman–Crippen LogP) is 3.26. The standard InChI is InChI=1S/C13H16ClN3/c1-2-3-4-12-11(7-8-17(12)15)10-5-6-13(14)16-9-10/h5-9H,2-4,15H2,1H3. The molecule has 0 unspecified atom stereocenters. The molecule has 2 rings (SSSR count). The number of hydrogen-bond donors (Lipinski definition) is 1. The molecule has 2 aromatic rings. The largest absolute Gasteiger partial charge is 0.339 e. The highest BCUT2D eigenvalue weighted by atomic mass is 35.5. The van der Waals surface area contributed by atoms with E-state index in [1.807, 2.05) is 18.3 Å². The summed E-state index contributed by atoms with van der Waals surface area (Å²) in [7, 11) is 0. The van der Waals surface area contributed by atoms with Gasteiger partial charge in [0.15, 0.2) is 0 Å². The van der Waals surface area contributed by atoms with Crippen LogP contribution in [0.3, 0.4) is 0 Å². The molecule has 2 heterocycles. The average molecular weight is 250 g/mol. The fourth-order valence-electron chi connectivity index (χ4n) is 1.89. The van der Waals surface area contributed by atoms with Crippen LogP contribution in [0, 0.1) is 0 Å². The van der Waals surface area contributed by atoms with Crippen molar-refractivity contribution in [3.63, 3.8) is 0 Å². The van der Waals surface area contributed by atoms with Crippen molar-refractivity contribution in [1.29, 1.82) is 0 Å². The van der Waals surface area contributed by atoms with Crippen molar-refractivity contribution >= 4 is 11.6 Å². The monoisotopic (exact) mass is 249 g/mol. The van der Waals surface area contributed by atoms with Gasteiger partial charge in [0.1, 0.15) is 5.15 Å². The molecule has 90 valence electrons. The molecule has 0 aromatic carbocycles. The van der Waals surface area contributed by atoms with Crippen LogP contribution < -0.4 is 5.84 Å². The van der Waals surface area contributed by atoms with E-state index in [1.54, 1.807) is 16.9 Å². The number of aromatic nitrogens is 2. The van der Waals surface area contributed by atoms with Crippen LogP contribution in [0.25, 0.3) is 11.1 Å². The molecule has 0 bridgehead atoms. The van der Waals surface area contributed by atoms with Crippen molar-refractivity contribution in [3.05, 3.63) is 41.4 Å². The summed E-state index contributed by atoms with van der Waals surface area (Å²) in [6.45, 7) is 2.17. The predicted molar refractivity (Wildman–Crippen MR) is 71.4 cm³/mol. The van der Waals surface area contributed by atoms with Gasteiger partial charge >= 0.3 is 0 Å². The molecular formula is C13H16ClN3. The Balaban J connectivity index is 2.34. The highest BCUT2D eigenvalue weighted by Crippen LogP contribution is 2.25. The molecule has 0 atom stereocenters. The molecule has 17 heavy (non-hydrogen) atoms. The third kappa shape index (κ3) is 2.61. The van der Waals surface area contributed by atoms with Crippen LogP contribution in [-0.2, 0) is 6.42 Å². The molecule has 0 saturated heterocycles. The van der Waals surface area contributed by atoms with Crippen LogP contribution >= 0.6 is 11.6 Å². The summed E-state index contributed by atoms with van der Waals surface area (Å²) in [5.74, 6) is 5.92. The Hall–Kier alpha value is -1.48. The lowest BCUT2D eigenvalue weighted by molar-refractivity contribution is 0.752. The first-order valence-corrected chi connectivity index (χ1v) is 6.17. The minimum absolute atomic E-state index is 0.510. The summed E-state index contributed by atoms with van der Waals surface area (Å²) in [5.41, 5.74) is 3.35. The molecule has 0 saturated carbocycles. The lowest BCUT2D eigenvalue weighted by Crippen LogP contribution is -2.11. The van der Waals surface area contributed by atoms with Gasteiger partial charge in [0.05, 0.1) is 0 Å². The SMILES string of the molecule is CCCCc1c(-c2ccc(Cl)nc2)ccn1N. The zero-order chi connectivity index (χ0) is 12.3. The minimum Gasteiger partial charge on any atom is -0.339 e. The molecular weight excluding hydrogens is 234 g/mol. The van der Waals surface area contributed by atoms with Crippen LogP contribution in [0.2, 0.25) is 5.15 Å². The van der Waals surface area contributed by atoms with Gasteiger partial charge in [-0.2, -0.15) is 0 Å². The topological polar surface area (TPSA) is 43.8 Å². The number of rotatable bonds is 4. The van der Waals surface area contributed by atoms with Crippen molar-refractivity contribution in [2.45, 2.75) is 26.2 Å². The molecule has 4 heteroatoms. The van der Waals surface area contributed by atoms with Crippen molar-refractivity contribution in [1.82, 2.24) is 9.66 Å². The van der Waals surface area contributed by atoms with Gasteiger partial charge in [0.2, 0.25) is 0 Å². The van der Waals surface area contributed by atoms with E-state index < -0.39 is 0 Å². The molecule has 0 radical (unpaired) electrons. The molecule has 3 nitrogen and oxygen atoms in total. The van der Waals surface area contributed by atoms with Crippen LogP contribution in [0.1, 0.15) is 25.5 Å². The Bertz CT molecular complexity index is 488. The van der Waals surface area contributed by atoms with Gasteiger partial charge in [-0.3, -0.25) is 4.68 Å². The summed E-state index contributed by atoms with van der Waals surface area (Å²) in [6.07, 6.45) is 6.94. The number of nitrogens with zero attached hydrogens (tertiary/aromatic N) is 2. The molecule has 2 N–H and O–H groups in total. The summed E-state index contributed by atoms with van der Waals surface area (Å²) in [6, 6.07) is 5.80. The molecule has 0 amide bonds. The van der Waals surface area contributed by atoms with Crippen molar-refractivity contribution < 1.29 is 0 Å². The zero-order valence-corrected chi connectivity index (χ0v) is 10.6. The second-order valence-corrected chi connectivity index (χ2v) is 4.44. The Morgan fingerprint density at radius 1 is 1.35 bits per heavy atom. The van der Waals surface area contributed by atoms with Crippen molar-refractivity contribution in [3.8, 4) is 11.1 Å². The fraction of sp³-hybridized carbons (Fsp3) is 0.308. The molecule has 2 aromatic heterocycles. The Morgan fingerprint density at radius 2 is 2.18 bits per heavy atom. The number of halogens is 1. The lowest BCUT2D eigenvalue weighted by atomic mass is 10.1. The second-order valence-electron chi connectivity index (χ2n) is 4.06. The van der Waals surface area contributed by atoms with E-state index in [2.05, 4.69) is 11.9 Å². The highest BCUT2D eigenvalue weighted by molar-refractivity contribution is 6.29. The Kier molecular flexibility index (Phi) is 3.69. The normalized spacial score (nSPS) is 10.7. The third-order valence-corrected chi connectivity index (χ3v) is 3.05. The van der Waals surface area contributed by atoms with Gasteiger partial charge in [-0.25, -0.2) is 4.98 Å². The maximum Gasteiger partial charge on any atom is 0.129 e. The maximum absolute atomic E-state index is 5.92. The van der Waals surface area contributed by atoms with Gasteiger partial charge in [-0.1, -0.05) is 24.9 Å². The average Bonchev–Trinajstić information content (AvgIpc) is 2.69. The molecule has 0 aliphatic carbocycles. The number of nitrogen functional groups attached to an aromatic ring is 1. The van der Waals surface area contributed by atoms with E-state index in [1.165, 1.54) is 0 Å². The first kappa shape index (κ1) is 12.0. The van der Waals surface area contributed by atoms with Crippen LogP contribution in [0.15, 0.2) is 30.6 Å². The van der Waals surface area contributed by atoms with Gasteiger partial charge < -0.3 is 5.84 Å². The summed E-state index contributed by atoms with van der Waals surface area (Å²) in [4.78, 5) is 4.10. The number of nitrogens with two attached hydrogens (primary N) is 1. The fourth-order valence-corrected chi connectivity index (χ4v) is 2.00. The van der Waals surface area contributed by atoms with Crippen LogP contribution in [0.4, 0.5) is 0 Å². The van der Waals surface area contributed by atoms with Crippen LogP contribution in [0.5, 0.6) is 0 Å². The third-order valence-electron chi connectivity index (χ3n) is 2.83. The quantitative estimate of drug-likeness (QED) is 0.668. The van der Waals surface area contributed by atoms with E-state index in [0.29, 0.717) is 5.15 Å². The number of pyridine rings is 1. The van der Waals surface area contributed by atoms with Crippen LogP contribution in [-0.4, -0.2) is 9.66 Å². The first-order valence-electron chi connectivity index (χ1n) is 5.79. The van der Waals surface area contributed by atoms with Gasteiger partial charge in [0.25, 0.3) is 0 Å². The smallest absolute Gasteiger partial charge is 0.129 e. The van der Waals surface area contributed by atoms with E-state index >= 15 is 0 Å². The van der Waals surface area contributed by atoms with Crippen molar-refractivity contribution in [2.75, 3.05) is 5.84 Å². The van der Waals surface area contributed by atoms with E-state index in [9.17, 15) is 0 Å². The summed E-state index contributed by atoms with van der Waals surface area (Å²) in [5, 5.41) is 0.510. The summed E-state index contributed by atoms with van der Waals surface area (Å²) < 4.78 is 1.69. The molecule has 0 spiro atoms. The van der Waals surface area contributed by atoms with E-state index in [0.717, 1.165) is 36.1 Å². The summed E-state index contributed by atoms with van der Waals surface area (Å²) >= 11 is 5.79. The van der Waals surface area contributed by atoms with Gasteiger partial charge in [-0.15, -0.1) is 0 Å². The van der Waals surface area contributed by atoms with Gasteiger partial charge in [-0.05, 0) is 31.0 Å². The lowest BCUT2D eigenvalue weighted by Gasteiger charge is -2.07. The molecule has 0 fully saturated rings. The highest BCUT2D eigenvalue weighted by Gasteiger charge is 2.09. The van der Waals surface area contributed by atoms with Gasteiger partial charge in [0, 0.05) is 29.2 Å². The van der Waals surface area contributed by atoms with Crippen molar-refractivity contribution in [2.24, 2.45) is 0 Å². The zero-order valence-electron chi connectivity index (χ0n) is 9.86. The Labute approximate surface area is 106 Å². The maximum atomic E-state index is 5.92. The first-order chi connectivity index (χ1) is 8.22. The number of unbranched alkanes of at least 4 members (excludes halogenated alkanes) is 1.